The van der Waals surface area contributed by atoms with E-state index in [1.807, 2.05) is 24.7 Å². The van der Waals surface area contributed by atoms with E-state index < -0.39 is 11.7 Å². The summed E-state index contributed by atoms with van der Waals surface area (Å²) >= 11 is 1.83. The molecule has 0 amide bonds. The molecule has 5 heteroatoms. The van der Waals surface area contributed by atoms with Gasteiger partial charge in [-0.3, -0.25) is 4.79 Å². The fraction of sp³-hybridized carbons (Fsp3) is 0.667. The molecule has 4 nitrogen and oxygen atoms in total. The van der Waals surface area contributed by atoms with E-state index in [-0.39, 0.29) is 17.8 Å². The van der Waals surface area contributed by atoms with Crippen molar-refractivity contribution in [2.24, 2.45) is 23.7 Å². The maximum Gasteiger partial charge on any atom is 0.303 e. The second kappa shape index (κ2) is 8.91. The molecule has 2 aliphatic carbocycles. The molecular formula is C24H36NO3S. The van der Waals surface area contributed by atoms with Crippen molar-refractivity contribution in [3.05, 3.63) is 40.0 Å². The number of thiophene rings is 1. The highest BCUT2D eigenvalue weighted by atomic mass is 32.1. The van der Waals surface area contributed by atoms with Gasteiger partial charge in [0.05, 0.1) is 5.60 Å². The summed E-state index contributed by atoms with van der Waals surface area (Å²) in [7, 11) is 2.19. The number of esters is 1. The number of carbonyl (C=O) groups is 1. The van der Waals surface area contributed by atoms with Crippen molar-refractivity contribution in [3.8, 4) is 0 Å². The maximum absolute atomic E-state index is 11.7. The molecular weight excluding hydrogens is 382 g/mol. The minimum absolute atomic E-state index is 0.0740. The molecule has 29 heavy (non-hydrogen) atoms. The Labute approximate surface area is 179 Å². The van der Waals surface area contributed by atoms with Crippen molar-refractivity contribution in [3.63, 3.8) is 0 Å². The lowest BCUT2D eigenvalue weighted by Gasteiger charge is -2.53. The number of ether oxygens (including phenoxy) is 1. The normalized spacial score (nSPS) is 33.2. The molecule has 1 fully saturated rings. The Balaban J connectivity index is 1.74. The van der Waals surface area contributed by atoms with Gasteiger partial charge in [-0.25, -0.2) is 0 Å². The minimum atomic E-state index is -0.917. The average Bonchev–Trinajstić information content (AvgIpc) is 3.02. The minimum Gasteiger partial charge on any atom is -0.458 e. The molecule has 0 saturated heterocycles. The first-order valence-corrected chi connectivity index (χ1v) is 11.6. The summed E-state index contributed by atoms with van der Waals surface area (Å²) in [6, 6.07) is 2.19. The van der Waals surface area contributed by atoms with Crippen LogP contribution in [0.15, 0.2) is 23.1 Å². The molecule has 1 radical (unpaired) electrons. The summed E-state index contributed by atoms with van der Waals surface area (Å²) in [5.74, 6) is 0.800. The van der Waals surface area contributed by atoms with Crippen LogP contribution in [0, 0.1) is 37.0 Å². The number of hydrogen-bond donors (Lipinski definition) is 1. The Morgan fingerprint density at radius 2 is 2.14 bits per heavy atom. The van der Waals surface area contributed by atoms with Crippen LogP contribution in [0.5, 0.6) is 0 Å². The van der Waals surface area contributed by atoms with Gasteiger partial charge < -0.3 is 14.7 Å². The lowest BCUT2D eigenvalue weighted by atomic mass is 9.57. The molecule has 1 heterocycles. The van der Waals surface area contributed by atoms with Gasteiger partial charge in [0.2, 0.25) is 0 Å². The van der Waals surface area contributed by atoms with E-state index in [0.29, 0.717) is 11.8 Å². The summed E-state index contributed by atoms with van der Waals surface area (Å²) in [4.78, 5) is 15.3. The maximum atomic E-state index is 11.7. The van der Waals surface area contributed by atoms with Crippen molar-refractivity contribution in [1.82, 2.24) is 4.90 Å². The molecule has 6 atom stereocenters. The third kappa shape index (κ3) is 4.78. The van der Waals surface area contributed by atoms with E-state index in [0.717, 1.165) is 31.5 Å². The molecule has 1 unspecified atom stereocenters. The highest BCUT2D eigenvalue weighted by Crippen LogP contribution is 2.50. The van der Waals surface area contributed by atoms with Gasteiger partial charge in [0.15, 0.2) is 0 Å². The van der Waals surface area contributed by atoms with Crippen molar-refractivity contribution in [1.29, 1.82) is 0 Å². The summed E-state index contributed by atoms with van der Waals surface area (Å²) in [5, 5.41) is 13.8. The standard InChI is InChI=1S/C24H36NO3S/c1-15-9-10-29-23(15)14-25(6)13-17(3)20-8-7-18(4)24(27)12-22(28-19(5)26)16(2)11-21(20)24/h9-12,17-18,20-22,27H,7-8,13-14H2,1-6H3/t17?,18-,20+,21-,22-,24-/m1/s1. The molecule has 1 aromatic heterocycles. The molecule has 0 bridgehead atoms. The third-order valence-electron chi connectivity index (χ3n) is 7.03. The van der Waals surface area contributed by atoms with Crippen LogP contribution in [0.25, 0.3) is 0 Å². The summed E-state index contributed by atoms with van der Waals surface area (Å²) < 4.78 is 5.47. The van der Waals surface area contributed by atoms with Crippen LogP contribution in [-0.4, -0.2) is 41.3 Å². The van der Waals surface area contributed by atoms with Gasteiger partial charge in [0, 0.05) is 37.2 Å². The van der Waals surface area contributed by atoms with Crippen LogP contribution in [-0.2, 0) is 16.1 Å². The van der Waals surface area contributed by atoms with E-state index in [1.54, 1.807) is 0 Å². The van der Waals surface area contributed by atoms with Crippen molar-refractivity contribution < 1.29 is 14.6 Å². The second-order valence-corrected chi connectivity index (χ2v) is 10.4. The van der Waals surface area contributed by atoms with Gasteiger partial charge in [-0.2, -0.15) is 0 Å². The van der Waals surface area contributed by atoms with E-state index in [4.69, 9.17) is 4.74 Å². The van der Waals surface area contributed by atoms with Gasteiger partial charge in [-0.15, -0.1) is 11.3 Å². The first-order valence-electron chi connectivity index (χ1n) is 10.8. The Morgan fingerprint density at radius 1 is 1.41 bits per heavy atom. The predicted molar refractivity (Wildman–Crippen MR) is 118 cm³/mol. The highest BCUT2D eigenvalue weighted by Gasteiger charge is 2.53. The lowest BCUT2D eigenvalue weighted by molar-refractivity contribution is -0.148. The molecule has 0 aliphatic heterocycles. The zero-order valence-electron chi connectivity index (χ0n) is 18.6. The molecule has 1 aromatic rings. The van der Waals surface area contributed by atoms with Crippen LogP contribution in [0.3, 0.4) is 0 Å². The Bertz CT molecular complexity index is 757. The van der Waals surface area contributed by atoms with Gasteiger partial charge in [0.1, 0.15) is 6.10 Å². The molecule has 1 saturated carbocycles. The number of rotatable bonds is 6. The summed E-state index contributed by atoms with van der Waals surface area (Å²) in [6.07, 6.45) is 5.78. The van der Waals surface area contributed by atoms with E-state index in [9.17, 15) is 9.90 Å². The SMILES string of the molecule is CC(=O)O[C@@H]1[CH][C@@]2(O)[C@H](C)CC[C@@H](C(C)CN(C)Cc3sccc3C)[C@H]2C=C1C. The number of hydrogen-bond acceptors (Lipinski definition) is 5. The third-order valence-corrected chi connectivity index (χ3v) is 8.04. The smallest absolute Gasteiger partial charge is 0.303 e. The summed E-state index contributed by atoms with van der Waals surface area (Å²) in [6.45, 7) is 12.0. The fourth-order valence-electron chi connectivity index (χ4n) is 5.26. The molecule has 2 aliphatic rings. The quantitative estimate of drug-likeness (QED) is 0.541. The van der Waals surface area contributed by atoms with Gasteiger partial charge in [0.25, 0.3) is 0 Å². The van der Waals surface area contributed by atoms with Crippen LogP contribution in [0.1, 0.15) is 51.0 Å². The van der Waals surface area contributed by atoms with E-state index >= 15 is 0 Å². The van der Waals surface area contributed by atoms with Crippen LogP contribution >= 0.6 is 11.3 Å². The first kappa shape index (κ1) is 22.5. The monoisotopic (exact) mass is 418 g/mol. The van der Waals surface area contributed by atoms with Crippen LogP contribution in [0.2, 0.25) is 0 Å². The van der Waals surface area contributed by atoms with Gasteiger partial charge in [-0.1, -0.05) is 19.9 Å². The van der Waals surface area contributed by atoms with Crippen molar-refractivity contribution in [2.75, 3.05) is 13.6 Å². The summed E-state index contributed by atoms with van der Waals surface area (Å²) in [5.41, 5.74) is 1.48. The Morgan fingerprint density at radius 3 is 2.76 bits per heavy atom. The molecule has 1 N–H and O–H groups in total. The number of carbonyl (C=O) groups excluding carboxylic acids is 1. The number of fused-ring (bicyclic) bond motifs is 1. The predicted octanol–water partition coefficient (Wildman–Crippen LogP) is 4.61. The number of aliphatic hydroxyl groups is 1. The van der Waals surface area contributed by atoms with E-state index in [1.165, 1.54) is 17.4 Å². The average molecular weight is 419 g/mol. The first-order chi connectivity index (χ1) is 13.6. The van der Waals surface area contributed by atoms with E-state index in [2.05, 4.69) is 50.2 Å². The largest absolute Gasteiger partial charge is 0.458 e. The topological polar surface area (TPSA) is 49.8 Å². The number of nitrogens with zero attached hydrogens (tertiary/aromatic N) is 1. The van der Waals surface area contributed by atoms with Gasteiger partial charge >= 0.3 is 5.97 Å². The van der Waals surface area contributed by atoms with Crippen molar-refractivity contribution >= 4 is 17.3 Å². The van der Waals surface area contributed by atoms with Crippen LogP contribution < -0.4 is 0 Å². The molecule has 0 aromatic carbocycles. The zero-order valence-corrected chi connectivity index (χ0v) is 19.5. The van der Waals surface area contributed by atoms with Crippen LogP contribution in [0.4, 0.5) is 0 Å². The number of aryl methyl sites for hydroxylation is 1. The molecule has 3 rings (SSSR count). The zero-order chi connectivity index (χ0) is 21.3. The highest BCUT2D eigenvalue weighted by molar-refractivity contribution is 7.10. The Kier molecular flexibility index (Phi) is 6.91. The Hall–Kier alpha value is -1.17. The lowest BCUT2D eigenvalue weighted by Crippen LogP contribution is -2.56. The molecule has 161 valence electrons. The van der Waals surface area contributed by atoms with Crippen molar-refractivity contribution in [2.45, 2.75) is 65.7 Å². The second-order valence-electron chi connectivity index (χ2n) is 9.36. The molecule has 0 spiro atoms. The van der Waals surface area contributed by atoms with Gasteiger partial charge in [-0.05, 0) is 74.1 Å². The fourth-order valence-corrected chi connectivity index (χ4v) is 6.24.